The minimum atomic E-state index is -4.47. The average molecular weight is 504 g/mol. The third kappa shape index (κ3) is 4.80. The van der Waals surface area contributed by atoms with E-state index in [4.69, 9.17) is 11.6 Å². The summed E-state index contributed by atoms with van der Waals surface area (Å²) in [5.41, 5.74) is -0.222. The first-order chi connectivity index (χ1) is 15.5. The smallest absolute Gasteiger partial charge is 0.422 e. The molecule has 0 aliphatic carbocycles. The van der Waals surface area contributed by atoms with Crippen LogP contribution in [0.2, 0.25) is 5.02 Å². The Morgan fingerprint density at radius 1 is 1.06 bits per heavy atom. The molecule has 1 amide bonds. The van der Waals surface area contributed by atoms with Crippen LogP contribution in [0.3, 0.4) is 0 Å². The monoisotopic (exact) mass is 503 g/mol. The van der Waals surface area contributed by atoms with E-state index in [-0.39, 0.29) is 34.8 Å². The van der Waals surface area contributed by atoms with E-state index >= 15 is 0 Å². The molecule has 0 saturated carbocycles. The number of carbonyl (C=O) groups is 1. The molecule has 1 aromatic heterocycles. The van der Waals surface area contributed by atoms with Gasteiger partial charge < -0.3 is 9.64 Å². The van der Waals surface area contributed by atoms with Crippen molar-refractivity contribution in [3.63, 3.8) is 0 Å². The SMILES string of the molecule is O=C1N(c2ccc(OCC(F)(F)F)nc2)CCC12CCN(S(=O)(=O)c1ccccc1Cl)CC2. The highest BCUT2D eigenvalue weighted by atomic mass is 35.5. The lowest BCUT2D eigenvalue weighted by Gasteiger charge is -2.37. The fraction of sp³-hybridized carbons (Fsp3) is 0.429. The van der Waals surface area contributed by atoms with Crippen LogP contribution in [0.4, 0.5) is 18.9 Å². The number of piperidine rings is 1. The summed E-state index contributed by atoms with van der Waals surface area (Å²) in [6.45, 7) is -0.648. The molecule has 0 atom stereocenters. The zero-order valence-electron chi connectivity index (χ0n) is 17.4. The molecule has 178 valence electrons. The van der Waals surface area contributed by atoms with E-state index in [1.807, 2.05) is 0 Å². The van der Waals surface area contributed by atoms with Crippen molar-refractivity contribution in [3.8, 4) is 5.88 Å². The van der Waals surface area contributed by atoms with Gasteiger partial charge in [0.25, 0.3) is 0 Å². The molecule has 2 saturated heterocycles. The van der Waals surface area contributed by atoms with E-state index in [0.717, 1.165) is 0 Å². The third-order valence-electron chi connectivity index (χ3n) is 6.06. The highest BCUT2D eigenvalue weighted by Gasteiger charge is 2.50. The summed E-state index contributed by atoms with van der Waals surface area (Å²) in [5.74, 6) is -0.321. The molecule has 0 bridgehead atoms. The zero-order valence-corrected chi connectivity index (χ0v) is 19.0. The number of pyridine rings is 1. The number of alkyl halides is 3. The van der Waals surface area contributed by atoms with Crippen molar-refractivity contribution in [3.05, 3.63) is 47.6 Å². The molecule has 2 aromatic rings. The molecule has 3 heterocycles. The molecule has 4 rings (SSSR count). The number of hydrogen-bond donors (Lipinski definition) is 0. The van der Waals surface area contributed by atoms with Gasteiger partial charge in [-0.05, 0) is 37.5 Å². The van der Waals surface area contributed by atoms with Crippen LogP contribution in [-0.4, -0.2) is 56.0 Å². The van der Waals surface area contributed by atoms with Crippen molar-refractivity contribution in [2.75, 3.05) is 31.1 Å². The number of anilines is 1. The Morgan fingerprint density at radius 2 is 1.73 bits per heavy atom. The molecular weight excluding hydrogens is 483 g/mol. The number of amides is 1. The quantitative estimate of drug-likeness (QED) is 0.618. The summed E-state index contributed by atoms with van der Waals surface area (Å²) in [7, 11) is -3.77. The largest absolute Gasteiger partial charge is 0.468 e. The van der Waals surface area contributed by atoms with Crippen molar-refractivity contribution in [1.29, 1.82) is 0 Å². The van der Waals surface area contributed by atoms with Crippen LogP contribution >= 0.6 is 11.6 Å². The van der Waals surface area contributed by atoms with Gasteiger partial charge in [0.05, 0.1) is 22.3 Å². The highest BCUT2D eigenvalue weighted by Crippen LogP contribution is 2.44. The minimum absolute atomic E-state index is 0.0425. The number of benzene rings is 1. The number of ether oxygens (including phenoxy) is 1. The van der Waals surface area contributed by atoms with Crippen LogP contribution in [-0.2, 0) is 14.8 Å². The molecule has 2 aliphatic heterocycles. The van der Waals surface area contributed by atoms with E-state index in [0.29, 0.717) is 31.5 Å². The summed E-state index contributed by atoms with van der Waals surface area (Å²) in [6, 6.07) is 9.02. The van der Waals surface area contributed by atoms with E-state index < -0.39 is 28.2 Å². The summed E-state index contributed by atoms with van der Waals surface area (Å²) >= 11 is 6.07. The maximum Gasteiger partial charge on any atom is 0.422 e. The van der Waals surface area contributed by atoms with Gasteiger partial charge in [-0.3, -0.25) is 4.79 Å². The van der Waals surface area contributed by atoms with Gasteiger partial charge in [0.2, 0.25) is 21.8 Å². The lowest BCUT2D eigenvalue weighted by atomic mass is 9.77. The number of nitrogens with zero attached hydrogens (tertiary/aromatic N) is 3. The lowest BCUT2D eigenvalue weighted by molar-refractivity contribution is -0.154. The normalized spacial score (nSPS) is 19.3. The van der Waals surface area contributed by atoms with Gasteiger partial charge >= 0.3 is 6.18 Å². The average Bonchev–Trinajstić information content (AvgIpc) is 3.08. The number of aromatic nitrogens is 1. The van der Waals surface area contributed by atoms with E-state index in [2.05, 4.69) is 9.72 Å². The van der Waals surface area contributed by atoms with E-state index in [1.54, 1.807) is 17.0 Å². The highest BCUT2D eigenvalue weighted by molar-refractivity contribution is 7.89. The fourth-order valence-electron chi connectivity index (χ4n) is 4.25. The van der Waals surface area contributed by atoms with Crippen LogP contribution in [0, 0.1) is 5.41 Å². The van der Waals surface area contributed by atoms with Crippen LogP contribution < -0.4 is 9.64 Å². The second-order valence-corrected chi connectivity index (χ2v) is 10.4. The second-order valence-electron chi connectivity index (χ2n) is 8.08. The van der Waals surface area contributed by atoms with Crippen LogP contribution in [0.5, 0.6) is 5.88 Å². The summed E-state index contributed by atoms with van der Waals surface area (Å²) < 4.78 is 68.8. The molecule has 2 aliphatic rings. The molecule has 0 N–H and O–H groups in total. The first-order valence-electron chi connectivity index (χ1n) is 10.2. The Labute approximate surface area is 194 Å². The summed E-state index contributed by atoms with van der Waals surface area (Å²) in [5, 5.41) is 0.149. The summed E-state index contributed by atoms with van der Waals surface area (Å²) in [6.07, 6.45) is -1.87. The lowest BCUT2D eigenvalue weighted by Crippen LogP contribution is -2.46. The molecule has 12 heteroatoms. The zero-order chi connectivity index (χ0) is 23.9. The molecule has 1 spiro atoms. The van der Waals surface area contributed by atoms with E-state index in [1.165, 1.54) is 34.8 Å². The van der Waals surface area contributed by atoms with Crippen molar-refractivity contribution < 1.29 is 31.1 Å². The molecule has 2 fully saturated rings. The van der Waals surface area contributed by atoms with Crippen LogP contribution in [0.25, 0.3) is 0 Å². The van der Waals surface area contributed by atoms with Gasteiger partial charge in [0.15, 0.2) is 6.61 Å². The van der Waals surface area contributed by atoms with Crippen molar-refractivity contribution >= 4 is 33.2 Å². The third-order valence-corrected chi connectivity index (χ3v) is 8.46. The Morgan fingerprint density at radius 3 is 2.33 bits per heavy atom. The predicted octanol–water partition coefficient (Wildman–Crippen LogP) is 3.88. The maximum atomic E-state index is 13.2. The van der Waals surface area contributed by atoms with Crippen molar-refractivity contribution in [2.45, 2.75) is 30.3 Å². The van der Waals surface area contributed by atoms with Gasteiger partial charge in [0, 0.05) is 25.7 Å². The first kappa shape index (κ1) is 23.8. The molecular formula is C21H21ClF3N3O4S. The number of halogens is 4. The number of carbonyl (C=O) groups excluding carboxylic acids is 1. The molecule has 1 aromatic carbocycles. The topological polar surface area (TPSA) is 79.8 Å². The number of sulfonamides is 1. The van der Waals surface area contributed by atoms with Crippen molar-refractivity contribution in [2.24, 2.45) is 5.41 Å². The summed E-state index contributed by atoms with van der Waals surface area (Å²) in [4.78, 5) is 18.7. The standard InChI is InChI=1S/C21H21ClF3N3O4S/c22-16-3-1-2-4-17(16)33(30,31)27-10-7-20(8-11-27)9-12-28(19(20)29)15-5-6-18(26-13-15)32-14-21(23,24)25/h1-6,13H,7-12,14H2. The van der Waals surface area contributed by atoms with Gasteiger partial charge in [-0.15, -0.1) is 0 Å². The van der Waals surface area contributed by atoms with Crippen LogP contribution in [0.15, 0.2) is 47.5 Å². The number of hydrogen-bond acceptors (Lipinski definition) is 5. The Bertz CT molecular complexity index is 1130. The molecule has 7 nitrogen and oxygen atoms in total. The Kier molecular flexibility index (Phi) is 6.32. The Hall–Kier alpha value is -2.37. The second kappa shape index (κ2) is 8.77. The minimum Gasteiger partial charge on any atom is -0.468 e. The van der Waals surface area contributed by atoms with E-state index in [9.17, 15) is 26.4 Å². The van der Waals surface area contributed by atoms with Crippen molar-refractivity contribution in [1.82, 2.24) is 9.29 Å². The number of rotatable bonds is 5. The van der Waals surface area contributed by atoms with Gasteiger partial charge in [-0.1, -0.05) is 23.7 Å². The Balaban J connectivity index is 1.42. The molecule has 0 radical (unpaired) electrons. The van der Waals surface area contributed by atoms with Gasteiger partial charge in [-0.25, -0.2) is 13.4 Å². The van der Waals surface area contributed by atoms with Crippen LogP contribution in [0.1, 0.15) is 19.3 Å². The first-order valence-corrected chi connectivity index (χ1v) is 12.1. The molecule has 33 heavy (non-hydrogen) atoms. The van der Waals surface area contributed by atoms with Gasteiger partial charge in [-0.2, -0.15) is 17.5 Å². The predicted molar refractivity (Wildman–Crippen MR) is 115 cm³/mol. The molecule has 0 unspecified atom stereocenters. The van der Waals surface area contributed by atoms with Gasteiger partial charge in [0.1, 0.15) is 4.90 Å². The maximum absolute atomic E-state index is 13.2. The fourth-order valence-corrected chi connectivity index (χ4v) is 6.19.